The molecule has 1 fully saturated rings. The molecular formula is C40H45N4O2P. The average molecular weight is 645 g/mol. The fourth-order valence-corrected chi connectivity index (χ4v) is 7.93. The molecule has 242 valence electrons. The topological polar surface area (TPSA) is 73.5 Å². The number of hydrogen-bond acceptors (Lipinski definition) is 4. The van der Waals surface area contributed by atoms with Gasteiger partial charge in [0, 0.05) is 31.4 Å². The molecule has 4 aromatic rings. The zero-order valence-corrected chi connectivity index (χ0v) is 28.2. The van der Waals surface area contributed by atoms with Crippen molar-refractivity contribution in [3.8, 4) is 11.1 Å². The Kier molecular flexibility index (Phi) is 10.5. The monoisotopic (exact) mass is 644 g/mol. The van der Waals surface area contributed by atoms with Crippen molar-refractivity contribution in [1.82, 2.24) is 15.5 Å². The van der Waals surface area contributed by atoms with Crippen LogP contribution in [0.5, 0.6) is 0 Å². The molecule has 1 aliphatic carbocycles. The molecule has 1 heterocycles. The Morgan fingerprint density at radius 2 is 1.53 bits per heavy atom. The van der Waals surface area contributed by atoms with Gasteiger partial charge in [-0.3, -0.25) is 9.59 Å². The lowest BCUT2D eigenvalue weighted by Gasteiger charge is -2.31. The molecule has 6 nitrogen and oxygen atoms in total. The summed E-state index contributed by atoms with van der Waals surface area (Å²) in [4.78, 5) is 30.0. The number of unbranched alkanes of at least 4 members (excludes halogenated alkanes) is 1. The van der Waals surface area contributed by atoms with E-state index in [-0.39, 0.29) is 17.9 Å². The van der Waals surface area contributed by atoms with Crippen molar-refractivity contribution in [3.63, 3.8) is 0 Å². The highest BCUT2D eigenvalue weighted by molar-refractivity contribution is 7.43. The second kappa shape index (κ2) is 15.1. The van der Waals surface area contributed by atoms with E-state index >= 15 is 0 Å². The first-order valence-electron chi connectivity index (χ1n) is 16.8. The smallest absolute Gasteiger partial charge is 0.253 e. The number of anilines is 2. The number of carbonyl (C=O) groups is 2. The molecule has 2 atom stereocenters. The predicted octanol–water partition coefficient (Wildman–Crippen LogP) is 7.70. The Hall–Kier alpha value is -4.25. The van der Waals surface area contributed by atoms with Crippen LogP contribution >= 0.6 is 8.58 Å². The van der Waals surface area contributed by atoms with Crippen molar-refractivity contribution in [1.29, 1.82) is 0 Å². The SMILES string of the molecule is C=C(CNC(=O)C1(CCCCN2CCC(NC(=O)c3ccccc3Nc3ccccc3)C2)c2ccccc2-c2ccccc21)PCC. The van der Waals surface area contributed by atoms with Gasteiger partial charge in [-0.15, -0.1) is 0 Å². The van der Waals surface area contributed by atoms with Gasteiger partial charge >= 0.3 is 0 Å². The number of nitrogens with one attached hydrogen (secondary N) is 3. The van der Waals surface area contributed by atoms with Gasteiger partial charge in [0.25, 0.3) is 5.91 Å². The van der Waals surface area contributed by atoms with E-state index in [4.69, 9.17) is 0 Å². The first-order chi connectivity index (χ1) is 23.0. The summed E-state index contributed by atoms with van der Waals surface area (Å²) in [6.07, 6.45) is 4.61. The quantitative estimate of drug-likeness (QED) is 0.0972. The second-order valence-electron chi connectivity index (χ2n) is 12.6. The number of rotatable bonds is 14. The van der Waals surface area contributed by atoms with Gasteiger partial charge in [-0.2, -0.15) is 0 Å². The lowest BCUT2D eigenvalue weighted by Crippen LogP contribution is -2.44. The molecule has 1 saturated heterocycles. The highest BCUT2D eigenvalue weighted by Gasteiger charge is 2.48. The molecular weight excluding hydrogens is 599 g/mol. The molecule has 3 N–H and O–H groups in total. The zero-order chi connectivity index (χ0) is 32.6. The van der Waals surface area contributed by atoms with Crippen LogP contribution in [0.4, 0.5) is 11.4 Å². The Labute approximate surface area is 280 Å². The molecule has 6 rings (SSSR count). The maximum absolute atomic E-state index is 14.2. The van der Waals surface area contributed by atoms with Gasteiger partial charge in [0.2, 0.25) is 5.91 Å². The van der Waals surface area contributed by atoms with Crippen LogP contribution in [-0.4, -0.2) is 55.1 Å². The summed E-state index contributed by atoms with van der Waals surface area (Å²) >= 11 is 0. The molecule has 7 heteroatoms. The number of likely N-dealkylation sites (tertiary alicyclic amines) is 1. The minimum absolute atomic E-state index is 0.0513. The van der Waals surface area contributed by atoms with Gasteiger partial charge in [0.1, 0.15) is 5.41 Å². The number of fused-ring (bicyclic) bond motifs is 3. The Balaban J connectivity index is 1.07. The fourth-order valence-electron chi connectivity index (χ4n) is 7.21. The van der Waals surface area contributed by atoms with E-state index in [0.29, 0.717) is 20.7 Å². The molecule has 0 aromatic heterocycles. The van der Waals surface area contributed by atoms with Crippen LogP contribution < -0.4 is 16.0 Å². The molecule has 2 aliphatic rings. The third kappa shape index (κ3) is 7.20. The maximum Gasteiger partial charge on any atom is 0.253 e. The van der Waals surface area contributed by atoms with Gasteiger partial charge in [0.05, 0.1) is 11.3 Å². The average Bonchev–Trinajstić information content (AvgIpc) is 3.67. The lowest BCUT2D eigenvalue weighted by atomic mass is 9.73. The number of carbonyl (C=O) groups excluding carboxylic acids is 2. The Morgan fingerprint density at radius 3 is 2.26 bits per heavy atom. The van der Waals surface area contributed by atoms with Crippen molar-refractivity contribution < 1.29 is 9.59 Å². The number of amides is 2. The van der Waals surface area contributed by atoms with Gasteiger partial charge in [-0.1, -0.05) is 107 Å². The van der Waals surface area contributed by atoms with E-state index in [1.54, 1.807) is 0 Å². The Bertz CT molecular complexity index is 1680. The van der Waals surface area contributed by atoms with E-state index in [0.717, 1.165) is 90.4 Å². The summed E-state index contributed by atoms with van der Waals surface area (Å²) in [6, 6.07) is 34.5. The molecule has 0 spiro atoms. The van der Waals surface area contributed by atoms with Crippen LogP contribution in [0.15, 0.2) is 115 Å². The maximum atomic E-state index is 14.2. The van der Waals surface area contributed by atoms with Crippen molar-refractivity contribution in [2.45, 2.75) is 44.1 Å². The zero-order valence-electron chi connectivity index (χ0n) is 27.2. The largest absolute Gasteiger partial charge is 0.355 e. The number of benzene rings is 4. The summed E-state index contributed by atoms with van der Waals surface area (Å²) in [5.74, 6) is 0.0208. The summed E-state index contributed by atoms with van der Waals surface area (Å²) < 4.78 is 0. The number of nitrogens with zero attached hydrogens (tertiary/aromatic N) is 1. The van der Waals surface area contributed by atoms with Gasteiger partial charge in [0.15, 0.2) is 0 Å². The van der Waals surface area contributed by atoms with Gasteiger partial charge < -0.3 is 20.9 Å². The van der Waals surface area contributed by atoms with E-state index in [9.17, 15) is 9.59 Å². The van der Waals surface area contributed by atoms with Crippen LogP contribution in [0, 0.1) is 0 Å². The predicted molar refractivity (Wildman–Crippen MR) is 196 cm³/mol. The first-order valence-corrected chi connectivity index (χ1v) is 18.0. The molecule has 2 unspecified atom stereocenters. The number of para-hydroxylation sites is 2. The van der Waals surface area contributed by atoms with E-state index in [2.05, 4.69) is 82.9 Å². The molecule has 2 amide bonds. The van der Waals surface area contributed by atoms with Crippen molar-refractivity contribution in [3.05, 3.63) is 132 Å². The summed E-state index contributed by atoms with van der Waals surface area (Å²) in [5, 5.41) is 11.0. The third-order valence-electron chi connectivity index (χ3n) is 9.45. The van der Waals surface area contributed by atoms with E-state index < -0.39 is 5.41 Å². The standard InChI is InChI=1S/C40H45N4O2P/c1-3-47-29(2)27-41-39(46)40(35-20-10-7-17-32(35)33-18-8-11-21-36(33)40)24-13-14-25-44-26-23-31(28-44)43-38(45)34-19-9-12-22-37(34)42-30-15-5-4-6-16-30/h4-12,15-22,31,42,47H,2-3,13-14,23-28H2,1H3,(H,41,46)(H,43,45). The summed E-state index contributed by atoms with van der Waals surface area (Å²) in [5.41, 5.74) is 6.21. The van der Waals surface area contributed by atoms with Crippen molar-refractivity contribution in [2.75, 3.05) is 37.7 Å². The van der Waals surface area contributed by atoms with Crippen LogP contribution in [0.3, 0.4) is 0 Å². The highest BCUT2D eigenvalue weighted by Crippen LogP contribution is 2.51. The third-order valence-corrected chi connectivity index (χ3v) is 10.5. The van der Waals surface area contributed by atoms with E-state index in [1.807, 2.05) is 54.6 Å². The van der Waals surface area contributed by atoms with Crippen LogP contribution in [0.25, 0.3) is 11.1 Å². The van der Waals surface area contributed by atoms with Gasteiger partial charge in [-0.25, -0.2) is 0 Å². The van der Waals surface area contributed by atoms with Crippen LogP contribution in [-0.2, 0) is 10.2 Å². The Morgan fingerprint density at radius 1 is 0.872 bits per heavy atom. The van der Waals surface area contributed by atoms with Crippen LogP contribution in [0.2, 0.25) is 0 Å². The van der Waals surface area contributed by atoms with Gasteiger partial charge in [-0.05, 0) is 83.8 Å². The van der Waals surface area contributed by atoms with E-state index in [1.165, 1.54) is 0 Å². The summed E-state index contributed by atoms with van der Waals surface area (Å²) in [7, 11) is 0.655. The minimum atomic E-state index is -0.717. The molecule has 0 saturated carbocycles. The van der Waals surface area contributed by atoms with Crippen molar-refractivity contribution >= 4 is 31.8 Å². The molecule has 0 bridgehead atoms. The minimum Gasteiger partial charge on any atom is -0.355 e. The lowest BCUT2D eigenvalue weighted by molar-refractivity contribution is -0.125. The van der Waals surface area contributed by atoms with Crippen LogP contribution in [0.1, 0.15) is 54.1 Å². The molecule has 47 heavy (non-hydrogen) atoms. The highest BCUT2D eigenvalue weighted by atomic mass is 31.1. The fraction of sp³-hybridized carbons (Fsp3) is 0.300. The second-order valence-corrected chi connectivity index (χ2v) is 14.3. The molecule has 4 aromatic carbocycles. The molecule has 1 aliphatic heterocycles. The van der Waals surface area contributed by atoms with Crippen molar-refractivity contribution in [2.24, 2.45) is 0 Å². The summed E-state index contributed by atoms with van der Waals surface area (Å²) in [6.45, 7) is 9.59. The number of hydrogen-bond donors (Lipinski definition) is 3. The molecule has 0 radical (unpaired) electrons. The first kappa shape index (κ1) is 32.7. The normalized spacial score (nSPS) is 16.5.